The summed E-state index contributed by atoms with van der Waals surface area (Å²) in [6.45, 7) is -2.96. The molecule has 1 N–H and O–H groups in total. The maximum atomic E-state index is 12.2. The second-order valence-corrected chi connectivity index (χ2v) is 4.02. The van der Waals surface area contributed by atoms with E-state index < -0.39 is 17.9 Å². The molecule has 4 nitrogen and oxygen atoms in total. The lowest BCUT2D eigenvalue weighted by molar-refractivity contribution is -0.119. The van der Waals surface area contributed by atoms with Crippen LogP contribution in [0.25, 0.3) is 0 Å². The number of anilines is 1. The summed E-state index contributed by atoms with van der Waals surface area (Å²) in [4.78, 5) is 11.8. The molecule has 1 aromatic carbocycles. The van der Waals surface area contributed by atoms with Crippen molar-refractivity contribution in [1.29, 1.82) is 5.26 Å². The lowest BCUT2D eigenvalue weighted by atomic mass is 10.1. The Labute approximate surface area is 102 Å². The molecule has 1 saturated carbocycles. The lowest BCUT2D eigenvalue weighted by Crippen LogP contribution is -2.23. The lowest BCUT2D eigenvalue weighted by Gasteiger charge is -2.12. The molecule has 0 aliphatic heterocycles. The molecule has 0 radical (unpaired) electrons. The third kappa shape index (κ3) is 2.40. The standard InChI is InChI=1S/C12H10F2N2O2/c13-11(14)18-9-4-2-1-3-8(9)16-10(17)12(7-15)5-6-12/h1-4,11H,5-6H2,(H,16,17). The average molecular weight is 252 g/mol. The van der Waals surface area contributed by atoms with Crippen molar-refractivity contribution in [2.24, 2.45) is 5.41 Å². The molecule has 0 spiro atoms. The Morgan fingerprint density at radius 1 is 1.44 bits per heavy atom. The van der Waals surface area contributed by atoms with E-state index in [-0.39, 0.29) is 11.4 Å². The highest BCUT2D eigenvalue weighted by atomic mass is 19.3. The van der Waals surface area contributed by atoms with Gasteiger partial charge in [0, 0.05) is 0 Å². The number of carbonyl (C=O) groups excluding carboxylic acids is 1. The van der Waals surface area contributed by atoms with Crippen LogP contribution in [-0.4, -0.2) is 12.5 Å². The Kier molecular flexibility index (Phi) is 3.15. The Morgan fingerprint density at radius 2 is 2.11 bits per heavy atom. The van der Waals surface area contributed by atoms with Gasteiger partial charge in [-0.05, 0) is 25.0 Å². The van der Waals surface area contributed by atoms with Crippen molar-refractivity contribution in [1.82, 2.24) is 0 Å². The molecule has 18 heavy (non-hydrogen) atoms. The highest BCUT2D eigenvalue weighted by molar-refractivity contribution is 6.00. The van der Waals surface area contributed by atoms with Crippen molar-refractivity contribution < 1.29 is 18.3 Å². The molecule has 1 aliphatic rings. The zero-order valence-electron chi connectivity index (χ0n) is 9.32. The molecule has 1 amide bonds. The summed E-state index contributed by atoms with van der Waals surface area (Å²) < 4.78 is 28.6. The molecule has 1 aliphatic carbocycles. The van der Waals surface area contributed by atoms with Crippen molar-refractivity contribution in [3.05, 3.63) is 24.3 Å². The first-order chi connectivity index (χ1) is 8.57. The van der Waals surface area contributed by atoms with Crippen LogP contribution in [0.5, 0.6) is 5.75 Å². The fourth-order valence-corrected chi connectivity index (χ4v) is 1.53. The number of rotatable bonds is 4. The molecular weight excluding hydrogens is 242 g/mol. The van der Waals surface area contributed by atoms with E-state index in [0.29, 0.717) is 12.8 Å². The Bertz CT molecular complexity index is 507. The van der Waals surface area contributed by atoms with Crippen LogP contribution in [0.3, 0.4) is 0 Å². The number of benzene rings is 1. The first kappa shape index (κ1) is 12.3. The number of nitrogens with one attached hydrogen (secondary N) is 1. The second-order valence-electron chi connectivity index (χ2n) is 4.02. The second kappa shape index (κ2) is 4.61. The van der Waals surface area contributed by atoms with Gasteiger partial charge in [0.1, 0.15) is 11.2 Å². The Balaban J connectivity index is 2.14. The number of ether oxygens (including phenoxy) is 1. The molecule has 0 saturated heterocycles. The molecule has 94 valence electrons. The molecular formula is C12H10F2N2O2. The molecule has 2 rings (SSSR count). The van der Waals surface area contributed by atoms with E-state index >= 15 is 0 Å². The van der Waals surface area contributed by atoms with Gasteiger partial charge in [-0.25, -0.2) is 0 Å². The minimum atomic E-state index is -2.96. The quantitative estimate of drug-likeness (QED) is 0.895. The van der Waals surface area contributed by atoms with Crippen molar-refractivity contribution in [2.45, 2.75) is 19.5 Å². The van der Waals surface area contributed by atoms with E-state index in [9.17, 15) is 13.6 Å². The normalized spacial score (nSPS) is 15.9. The summed E-state index contributed by atoms with van der Waals surface area (Å²) in [5.74, 6) is -0.593. The fraction of sp³-hybridized carbons (Fsp3) is 0.333. The third-order valence-corrected chi connectivity index (χ3v) is 2.75. The van der Waals surface area contributed by atoms with Gasteiger partial charge in [0.2, 0.25) is 5.91 Å². The number of alkyl halides is 2. The zero-order valence-corrected chi connectivity index (χ0v) is 9.32. The Morgan fingerprint density at radius 3 is 2.67 bits per heavy atom. The monoisotopic (exact) mass is 252 g/mol. The highest BCUT2D eigenvalue weighted by Crippen LogP contribution is 2.46. The van der Waals surface area contributed by atoms with Gasteiger partial charge in [-0.1, -0.05) is 12.1 Å². The van der Waals surface area contributed by atoms with Crippen LogP contribution in [0.2, 0.25) is 0 Å². The van der Waals surface area contributed by atoms with E-state index in [1.165, 1.54) is 18.2 Å². The number of halogens is 2. The average Bonchev–Trinajstić information content (AvgIpc) is 3.12. The molecule has 6 heteroatoms. The van der Waals surface area contributed by atoms with Crippen LogP contribution >= 0.6 is 0 Å². The topological polar surface area (TPSA) is 62.1 Å². The van der Waals surface area contributed by atoms with E-state index in [4.69, 9.17) is 5.26 Å². The summed E-state index contributed by atoms with van der Waals surface area (Å²) in [6.07, 6.45) is 0.987. The number of hydrogen-bond acceptors (Lipinski definition) is 3. The summed E-state index contributed by atoms with van der Waals surface area (Å²) in [5, 5.41) is 11.3. The van der Waals surface area contributed by atoms with Gasteiger partial charge in [-0.3, -0.25) is 4.79 Å². The smallest absolute Gasteiger partial charge is 0.387 e. The molecule has 1 aromatic rings. The van der Waals surface area contributed by atoms with Crippen LogP contribution in [-0.2, 0) is 4.79 Å². The summed E-state index contributed by atoms with van der Waals surface area (Å²) in [7, 11) is 0. The number of hydrogen-bond donors (Lipinski definition) is 1. The van der Waals surface area contributed by atoms with Crippen molar-refractivity contribution >= 4 is 11.6 Å². The third-order valence-electron chi connectivity index (χ3n) is 2.75. The van der Waals surface area contributed by atoms with E-state index in [1.54, 1.807) is 6.07 Å². The minimum Gasteiger partial charge on any atom is -0.433 e. The van der Waals surface area contributed by atoms with E-state index in [0.717, 1.165) is 0 Å². The minimum absolute atomic E-state index is 0.116. The van der Waals surface area contributed by atoms with Gasteiger partial charge in [0.05, 0.1) is 11.8 Å². The molecule has 0 bridgehead atoms. The summed E-state index contributed by atoms with van der Waals surface area (Å²) in [6, 6.07) is 7.81. The number of amides is 1. The highest BCUT2D eigenvalue weighted by Gasteiger charge is 2.50. The van der Waals surface area contributed by atoms with Gasteiger partial charge >= 0.3 is 6.61 Å². The number of nitriles is 1. The van der Waals surface area contributed by atoms with Crippen LogP contribution in [0.4, 0.5) is 14.5 Å². The number of nitrogens with zero attached hydrogens (tertiary/aromatic N) is 1. The van der Waals surface area contributed by atoms with E-state index in [2.05, 4.69) is 10.1 Å². The summed E-state index contributed by atoms with van der Waals surface area (Å²) >= 11 is 0. The molecule has 0 aromatic heterocycles. The van der Waals surface area contributed by atoms with Gasteiger partial charge in [-0.2, -0.15) is 14.0 Å². The van der Waals surface area contributed by atoms with Crippen LogP contribution < -0.4 is 10.1 Å². The van der Waals surface area contributed by atoms with Crippen molar-refractivity contribution in [2.75, 3.05) is 5.32 Å². The number of carbonyl (C=O) groups is 1. The molecule has 0 atom stereocenters. The summed E-state index contributed by atoms with van der Waals surface area (Å²) in [5.41, 5.74) is -0.859. The van der Waals surface area contributed by atoms with E-state index in [1.807, 2.05) is 6.07 Å². The van der Waals surface area contributed by atoms with Crippen molar-refractivity contribution in [3.8, 4) is 11.8 Å². The van der Waals surface area contributed by atoms with Crippen LogP contribution in [0.1, 0.15) is 12.8 Å². The largest absolute Gasteiger partial charge is 0.433 e. The van der Waals surface area contributed by atoms with Gasteiger partial charge in [-0.15, -0.1) is 0 Å². The molecule has 1 fully saturated rings. The van der Waals surface area contributed by atoms with Gasteiger partial charge in [0.25, 0.3) is 0 Å². The van der Waals surface area contributed by atoms with Gasteiger partial charge in [0.15, 0.2) is 0 Å². The van der Waals surface area contributed by atoms with Crippen molar-refractivity contribution in [3.63, 3.8) is 0 Å². The van der Waals surface area contributed by atoms with Crippen LogP contribution in [0, 0.1) is 16.7 Å². The predicted octanol–water partition coefficient (Wildman–Crippen LogP) is 2.53. The maximum absolute atomic E-state index is 12.2. The van der Waals surface area contributed by atoms with Gasteiger partial charge < -0.3 is 10.1 Å². The number of para-hydroxylation sites is 2. The molecule has 0 unspecified atom stereocenters. The predicted molar refractivity (Wildman–Crippen MR) is 59.0 cm³/mol. The SMILES string of the molecule is N#CC1(C(=O)Nc2ccccc2OC(F)F)CC1. The molecule has 0 heterocycles. The zero-order chi connectivity index (χ0) is 13.2. The first-order valence-electron chi connectivity index (χ1n) is 5.34. The van der Waals surface area contributed by atoms with Crippen LogP contribution in [0.15, 0.2) is 24.3 Å². The first-order valence-corrected chi connectivity index (χ1v) is 5.34. The maximum Gasteiger partial charge on any atom is 0.387 e. The fourth-order valence-electron chi connectivity index (χ4n) is 1.53. The Hall–Kier alpha value is -2.16.